The molecule has 0 aliphatic carbocycles. The summed E-state index contributed by atoms with van der Waals surface area (Å²) in [6.07, 6.45) is 0. The monoisotopic (exact) mass is 457 g/mol. The van der Waals surface area contributed by atoms with Crippen molar-refractivity contribution >= 4 is 64.7 Å². The maximum absolute atomic E-state index is 11.6. The van der Waals surface area contributed by atoms with Gasteiger partial charge in [0.25, 0.3) is 0 Å². The molecule has 4 aromatic rings. The number of esters is 1. The van der Waals surface area contributed by atoms with Gasteiger partial charge in [0.1, 0.15) is 0 Å². The summed E-state index contributed by atoms with van der Waals surface area (Å²) < 4.78 is 8.53. The van der Waals surface area contributed by atoms with Gasteiger partial charge in [0.05, 0.1) is 12.7 Å². The minimum absolute atomic E-state index is 0.289. The largest absolute Gasteiger partial charge is 0.465 e. The molecule has 2 heterocycles. The molecule has 0 aliphatic rings. The number of rotatable bonds is 3. The minimum Gasteiger partial charge on any atom is -0.465 e. The average molecular weight is 458 g/mol. The van der Waals surface area contributed by atoms with E-state index < -0.39 is 11.9 Å². The van der Waals surface area contributed by atoms with Gasteiger partial charge >= 0.3 is 5.97 Å². The summed E-state index contributed by atoms with van der Waals surface area (Å²) in [4.78, 5) is 11.6. The van der Waals surface area contributed by atoms with Crippen molar-refractivity contribution in [3.05, 3.63) is 69.3 Å². The van der Waals surface area contributed by atoms with Gasteiger partial charge in [0.2, 0.25) is 0 Å². The zero-order valence-electron chi connectivity index (χ0n) is 14.5. The van der Waals surface area contributed by atoms with Gasteiger partial charge in [-0.3, -0.25) is 4.79 Å². The summed E-state index contributed by atoms with van der Waals surface area (Å²) in [6, 6.07) is 18.0. The molecule has 0 amide bonds. The van der Waals surface area contributed by atoms with Crippen LogP contribution in [0.15, 0.2) is 63.8 Å². The molecule has 0 bridgehead atoms. The van der Waals surface area contributed by atoms with Crippen molar-refractivity contribution < 1.29 is 9.53 Å². The number of ether oxygens (including phenoxy) is 1. The average Bonchev–Trinajstić information content (AvgIpc) is 3.31. The van der Waals surface area contributed by atoms with E-state index in [1.807, 2.05) is 35.7 Å². The van der Waals surface area contributed by atoms with E-state index in [-0.39, 0.29) is 6.61 Å². The Bertz CT molecular complexity index is 1110. The molecule has 27 heavy (non-hydrogen) atoms. The number of fused-ring (bicyclic) bond motifs is 2. The molecule has 6 heteroatoms. The van der Waals surface area contributed by atoms with E-state index in [2.05, 4.69) is 45.6 Å². The third-order valence-corrected chi connectivity index (χ3v) is 6.16. The van der Waals surface area contributed by atoms with E-state index in [4.69, 9.17) is 10.00 Å². The summed E-state index contributed by atoms with van der Waals surface area (Å²) in [5, 5.41) is 15.5. The van der Waals surface area contributed by atoms with Gasteiger partial charge in [-0.25, -0.2) is 0 Å². The van der Waals surface area contributed by atoms with E-state index in [0.717, 1.165) is 14.6 Å². The highest BCUT2D eigenvalue weighted by Gasteiger charge is 2.21. The van der Waals surface area contributed by atoms with Gasteiger partial charge in [-0.2, -0.15) is 5.26 Å². The molecule has 0 radical (unpaired) electrons. The minimum atomic E-state index is -0.834. The van der Waals surface area contributed by atoms with Gasteiger partial charge in [-0.1, -0.05) is 22.0 Å². The second-order valence-electron chi connectivity index (χ2n) is 5.63. The van der Waals surface area contributed by atoms with Crippen LogP contribution in [0, 0.1) is 11.3 Å². The standard InChI is InChI=1S/C13H11NO2S.C8H5BrS/c1-2-16-13(15)11(8-14)9-3-4-12-10(7-9)5-6-17-12;9-7-1-2-8-6(5-7)3-4-10-8/h3-7,11H,2H2,1H3;1-5H. The smallest absolute Gasteiger partial charge is 0.327 e. The van der Waals surface area contributed by atoms with Crippen molar-refractivity contribution in [3.63, 3.8) is 0 Å². The molecule has 1 atom stereocenters. The lowest BCUT2D eigenvalue weighted by atomic mass is 10.00. The fraction of sp³-hybridized carbons (Fsp3) is 0.143. The second-order valence-corrected chi connectivity index (χ2v) is 8.45. The van der Waals surface area contributed by atoms with E-state index in [1.165, 1.54) is 10.1 Å². The van der Waals surface area contributed by atoms with E-state index >= 15 is 0 Å². The van der Waals surface area contributed by atoms with Crippen LogP contribution in [0.3, 0.4) is 0 Å². The van der Waals surface area contributed by atoms with Crippen molar-refractivity contribution in [2.45, 2.75) is 12.8 Å². The Morgan fingerprint density at radius 1 is 1.07 bits per heavy atom. The topological polar surface area (TPSA) is 50.1 Å². The van der Waals surface area contributed by atoms with Gasteiger partial charge in [0, 0.05) is 13.9 Å². The van der Waals surface area contributed by atoms with Gasteiger partial charge in [-0.15, -0.1) is 22.7 Å². The molecule has 0 spiro atoms. The third kappa shape index (κ3) is 4.75. The highest BCUT2D eigenvalue weighted by molar-refractivity contribution is 9.10. The molecule has 136 valence electrons. The Morgan fingerprint density at radius 2 is 1.70 bits per heavy atom. The van der Waals surface area contributed by atoms with Gasteiger partial charge in [-0.05, 0) is 76.5 Å². The zero-order valence-corrected chi connectivity index (χ0v) is 17.7. The van der Waals surface area contributed by atoms with Gasteiger partial charge < -0.3 is 4.74 Å². The highest BCUT2D eigenvalue weighted by Crippen LogP contribution is 2.26. The molecule has 0 fully saturated rings. The summed E-state index contributed by atoms with van der Waals surface area (Å²) >= 11 is 6.83. The predicted molar refractivity (Wildman–Crippen MR) is 116 cm³/mol. The number of benzene rings is 2. The van der Waals surface area contributed by atoms with Crippen LogP contribution in [-0.2, 0) is 9.53 Å². The number of nitrogens with zero attached hydrogens (tertiary/aromatic N) is 1. The maximum Gasteiger partial charge on any atom is 0.327 e. The van der Waals surface area contributed by atoms with Crippen LogP contribution in [0.2, 0.25) is 0 Å². The van der Waals surface area contributed by atoms with Gasteiger partial charge in [0.15, 0.2) is 5.92 Å². The molecule has 3 nitrogen and oxygen atoms in total. The summed E-state index contributed by atoms with van der Waals surface area (Å²) in [5.74, 6) is -1.32. The van der Waals surface area contributed by atoms with Crippen LogP contribution >= 0.6 is 38.6 Å². The first-order valence-electron chi connectivity index (χ1n) is 8.28. The summed E-state index contributed by atoms with van der Waals surface area (Å²) in [7, 11) is 0. The quantitative estimate of drug-likeness (QED) is 0.320. The fourth-order valence-electron chi connectivity index (χ4n) is 2.59. The van der Waals surface area contributed by atoms with Crippen molar-refractivity contribution in [1.82, 2.24) is 0 Å². The maximum atomic E-state index is 11.6. The van der Waals surface area contributed by atoms with Crippen LogP contribution in [0.4, 0.5) is 0 Å². The fourth-order valence-corrected chi connectivity index (χ4v) is 4.51. The molecule has 1 unspecified atom stereocenters. The Kier molecular flexibility index (Phi) is 6.62. The Morgan fingerprint density at radius 3 is 2.33 bits per heavy atom. The molecule has 0 aliphatic heterocycles. The first-order chi connectivity index (χ1) is 13.1. The number of nitriles is 1. The Hall–Kier alpha value is -2.20. The number of hydrogen-bond donors (Lipinski definition) is 0. The van der Waals surface area contributed by atoms with Crippen molar-refractivity contribution in [1.29, 1.82) is 5.26 Å². The van der Waals surface area contributed by atoms with Crippen LogP contribution in [0.1, 0.15) is 18.4 Å². The lowest BCUT2D eigenvalue weighted by Crippen LogP contribution is -2.14. The molecule has 2 aromatic heterocycles. The number of carbonyl (C=O) groups is 1. The Balaban J connectivity index is 0.000000177. The molecule has 4 rings (SSSR count). The third-order valence-electron chi connectivity index (χ3n) is 3.88. The molecule has 0 N–H and O–H groups in total. The summed E-state index contributed by atoms with van der Waals surface area (Å²) in [6.45, 7) is 2.02. The molecular formula is C21H16BrNO2S2. The van der Waals surface area contributed by atoms with E-state index in [0.29, 0.717) is 5.56 Å². The predicted octanol–water partition coefficient (Wildman–Crippen LogP) is 6.74. The highest BCUT2D eigenvalue weighted by atomic mass is 79.9. The SMILES string of the molecule is Brc1ccc2sccc2c1.CCOC(=O)C(C#N)c1ccc2sccc2c1. The molecule has 0 saturated carbocycles. The first-order valence-corrected chi connectivity index (χ1v) is 10.8. The number of hydrogen-bond acceptors (Lipinski definition) is 5. The van der Waals surface area contributed by atoms with Crippen molar-refractivity contribution in [2.24, 2.45) is 0 Å². The summed E-state index contributed by atoms with van der Waals surface area (Å²) in [5.41, 5.74) is 0.692. The lowest BCUT2D eigenvalue weighted by Gasteiger charge is -2.08. The van der Waals surface area contributed by atoms with Crippen LogP contribution in [0.5, 0.6) is 0 Å². The normalized spacial score (nSPS) is 11.4. The molecular weight excluding hydrogens is 442 g/mol. The lowest BCUT2D eigenvalue weighted by molar-refractivity contribution is -0.143. The van der Waals surface area contributed by atoms with Crippen molar-refractivity contribution in [3.8, 4) is 6.07 Å². The number of halogens is 1. The second kappa shape index (κ2) is 9.14. The van der Waals surface area contributed by atoms with E-state index in [9.17, 15) is 4.79 Å². The Labute approximate surface area is 173 Å². The van der Waals surface area contributed by atoms with Crippen molar-refractivity contribution in [2.75, 3.05) is 6.61 Å². The zero-order chi connectivity index (χ0) is 19.2. The molecule has 2 aromatic carbocycles. The van der Waals surface area contributed by atoms with Crippen LogP contribution in [-0.4, -0.2) is 12.6 Å². The van der Waals surface area contributed by atoms with E-state index in [1.54, 1.807) is 29.6 Å². The first kappa shape index (κ1) is 19.6. The van der Waals surface area contributed by atoms with Crippen LogP contribution < -0.4 is 0 Å². The molecule has 0 saturated heterocycles. The number of carbonyl (C=O) groups excluding carboxylic acids is 1. The number of thiophene rings is 2. The van der Waals surface area contributed by atoms with Crippen LogP contribution in [0.25, 0.3) is 20.2 Å².